The maximum Gasteiger partial charge on any atom is 0.673 e. The number of nitrogens with zero attached hydrogens (tertiary/aromatic N) is 4. The molecule has 5 aromatic carbocycles. The van der Waals surface area contributed by atoms with E-state index in [0.29, 0.717) is 48.6 Å². The molecule has 74 heavy (non-hydrogen) atoms. The number of rotatable bonds is 18. The van der Waals surface area contributed by atoms with Gasteiger partial charge in [-0.3, -0.25) is 29.0 Å². The van der Waals surface area contributed by atoms with Crippen LogP contribution in [0.4, 0.5) is 34.3 Å². The molecule has 2 heterocycles. The Hall–Kier alpha value is -8.07. The van der Waals surface area contributed by atoms with Crippen molar-refractivity contribution in [3.63, 3.8) is 0 Å². The van der Waals surface area contributed by atoms with E-state index in [-0.39, 0.29) is 23.6 Å². The van der Waals surface area contributed by atoms with E-state index < -0.39 is 7.25 Å². The van der Waals surface area contributed by atoms with Crippen LogP contribution in [0.2, 0.25) is 0 Å². The van der Waals surface area contributed by atoms with Crippen LogP contribution in [-0.4, -0.2) is 91.4 Å². The molecule has 8 rings (SSSR count). The number of halogens is 4. The highest BCUT2D eigenvalue weighted by Gasteiger charge is 2.35. The van der Waals surface area contributed by atoms with Gasteiger partial charge in [-0.2, -0.15) is 4.58 Å². The molecule has 0 atom stereocenters. The van der Waals surface area contributed by atoms with E-state index in [9.17, 15) is 36.4 Å². The van der Waals surface area contributed by atoms with Crippen LogP contribution >= 0.6 is 0 Å². The number of carbonyl (C=O) groups is 4. The number of ether oxygens (including phenoxy) is 2. The van der Waals surface area contributed by atoms with Crippen LogP contribution in [0, 0.1) is 0 Å². The molecule has 3 aliphatic rings. The molecule has 0 spiro atoms. The van der Waals surface area contributed by atoms with Crippen LogP contribution in [0.15, 0.2) is 157 Å². The molecule has 2 aliphatic heterocycles. The van der Waals surface area contributed by atoms with Crippen molar-refractivity contribution < 1.29 is 50.5 Å². The Balaban J connectivity index is 0.00000153. The van der Waals surface area contributed by atoms with Crippen molar-refractivity contribution in [3.8, 4) is 11.5 Å². The van der Waals surface area contributed by atoms with E-state index in [2.05, 4.69) is 116 Å². The van der Waals surface area contributed by atoms with Gasteiger partial charge in [-0.05, 0) is 121 Å². The number of anilines is 2. The summed E-state index contributed by atoms with van der Waals surface area (Å²) < 4.78 is 53.3. The summed E-state index contributed by atoms with van der Waals surface area (Å²) in [5.41, 5.74) is 11.1. The number of imide groups is 2. The molecule has 0 saturated heterocycles. The van der Waals surface area contributed by atoms with Gasteiger partial charge in [0.05, 0.1) is 35.5 Å². The number of hydrogen-bond acceptors (Lipinski definition) is 7. The molecule has 10 nitrogen and oxygen atoms in total. The summed E-state index contributed by atoms with van der Waals surface area (Å²) in [5.74, 6) is 0.445. The minimum absolute atomic E-state index is 0.286. The lowest BCUT2D eigenvalue weighted by atomic mass is 9.93. The van der Waals surface area contributed by atoms with E-state index in [1.807, 2.05) is 60.7 Å². The lowest BCUT2D eigenvalue weighted by molar-refractivity contribution is -0.434. The Kier molecular flexibility index (Phi) is 17.5. The molecular formula is C59H59BF4N4O6. The Morgan fingerprint density at radius 3 is 1.68 bits per heavy atom. The fourth-order valence-electron chi connectivity index (χ4n) is 8.87. The fourth-order valence-corrected chi connectivity index (χ4v) is 8.87. The van der Waals surface area contributed by atoms with Crippen LogP contribution in [0.1, 0.15) is 112 Å². The van der Waals surface area contributed by atoms with E-state index in [4.69, 9.17) is 9.47 Å². The lowest BCUT2D eigenvalue weighted by Crippen LogP contribution is -2.24. The maximum absolute atomic E-state index is 13.1. The fraction of sp³-hybridized carbons (Fsp3) is 0.237. The normalized spacial score (nSPS) is 14.2. The Morgan fingerprint density at radius 2 is 1.14 bits per heavy atom. The van der Waals surface area contributed by atoms with Gasteiger partial charge < -0.3 is 31.6 Å². The van der Waals surface area contributed by atoms with E-state index in [1.54, 1.807) is 12.1 Å². The zero-order chi connectivity index (χ0) is 53.1. The third-order valence-electron chi connectivity index (χ3n) is 12.8. The van der Waals surface area contributed by atoms with Crippen molar-refractivity contribution >= 4 is 64.8 Å². The first-order valence-electron chi connectivity index (χ1n) is 24.8. The van der Waals surface area contributed by atoms with Crippen molar-refractivity contribution in [2.45, 2.75) is 53.4 Å². The third-order valence-corrected chi connectivity index (χ3v) is 12.8. The third kappa shape index (κ3) is 12.4. The van der Waals surface area contributed by atoms with Gasteiger partial charge in [0.1, 0.15) is 18.0 Å². The lowest BCUT2D eigenvalue weighted by Gasteiger charge is -2.27. The van der Waals surface area contributed by atoms with Gasteiger partial charge in [0, 0.05) is 61.9 Å². The SMILES string of the molecule is CCCCOc1ccc(C(=CC=CC(=C2C=CC(=[N+](CC)c3ccc4c(c3)C(=O)N(C)C4=O)C=C2)c2ccc(OCCCC)cc2)c2ccccc2N(CC)c2ccc3c(c2)C(=O)N(C)C3=O)cc1.F[B-](F)(F)F. The summed E-state index contributed by atoms with van der Waals surface area (Å²) in [7, 11) is -2.97. The average molecular weight is 1010 g/mol. The highest BCUT2D eigenvalue weighted by molar-refractivity contribution is 6.50. The van der Waals surface area contributed by atoms with Gasteiger partial charge in [-0.15, -0.1) is 0 Å². The van der Waals surface area contributed by atoms with Gasteiger partial charge in [0.25, 0.3) is 23.6 Å². The topological polar surface area (TPSA) is 99.5 Å². The van der Waals surface area contributed by atoms with E-state index in [0.717, 1.165) is 98.3 Å². The summed E-state index contributed by atoms with van der Waals surface area (Å²) in [5, 5.41) is 0. The van der Waals surface area contributed by atoms with E-state index >= 15 is 0 Å². The molecule has 0 saturated carbocycles. The number of benzene rings is 5. The van der Waals surface area contributed by atoms with Crippen LogP contribution in [-0.2, 0) is 0 Å². The summed E-state index contributed by atoms with van der Waals surface area (Å²) in [4.78, 5) is 56.0. The first kappa shape index (κ1) is 53.7. The van der Waals surface area contributed by atoms with Crippen molar-refractivity contribution in [1.82, 2.24) is 9.80 Å². The molecule has 5 aromatic rings. The molecule has 1 aliphatic carbocycles. The molecule has 0 fully saturated rings. The summed E-state index contributed by atoms with van der Waals surface area (Å²) >= 11 is 0. The maximum atomic E-state index is 13.1. The standard InChI is InChI=1S/C59H59N4O6.BF4/c1-7-11-36-68-46-30-22-41(23-31-46)48(40-20-26-43(27-21-40)62(9-3)44-28-34-51-53(38-44)58(66)60(5)56(51)64)17-15-18-49(42-24-32-47(33-25-42)69-37-12-8-2)50-16-13-14-19-55(50)63(10-4)45-29-35-52-54(39-45)59(67)61(6)57(52)65;2-1(3,4)5/h13-35,38-39H,7-12,36-37H2,1-6H3;/q+1;-1. The number of unbranched alkanes of at least 4 members (excludes halogenated alkanes) is 2. The predicted molar refractivity (Wildman–Crippen MR) is 286 cm³/mol. The molecule has 0 N–H and O–H groups in total. The Labute approximate surface area is 430 Å². The Morgan fingerprint density at radius 1 is 0.622 bits per heavy atom. The van der Waals surface area contributed by atoms with Gasteiger partial charge in [-0.1, -0.05) is 87.4 Å². The second-order valence-corrected chi connectivity index (χ2v) is 17.7. The van der Waals surface area contributed by atoms with Crippen molar-refractivity contribution in [3.05, 3.63) is 196 Å². The average Bonchev–Trinajstić information content (AvgIpc) is 3.75. The molecule has 0 aromatic heterocycles. The first-order valence-corrected chi connectivity index (χ1v) is 24.8. The summed E-state index contributed by atoms with van der Waals surface area (Å²) in [6.07, 6.45) is 18.8. The van der Waals surface area contributed by atoms with Gasteiger partial charge in [0.2, 0.25) is 11.4 Å². The molecule has 0 bridgehead atoms. The zero-order valence-corrected chi connectivity index (χ0v) is 42.4. The number of para-hydroxylation sites is 1. The number of allylic oxidation sites excluding steroid dienone is 9. The second kappa shape index (κ2) is 24.1. The molecule has 15 heteroatoms. The summed E-state index contributed by atoms with van der Waals surface area (Å²) in [6, 6.07) is 35.6. The quantitative estimate of drug-likeness (QED) is 0.0215. The molecule has 0 unspecified atom stereocenters. The van der Waals surface area contributed by atoms with E-state index in [1.165, 1.54) is 19.0 Å². The summed E-state index contributed by atoms with van der Waals surface area (Å²) in [6.45, 7) is 11.0. The zero-order valence-electron chi connectivity index (χ0n) is 42.4. The van der Waals surface area contributed by atoms with Crippen LogP contribution in [0.5, 0.6) is 11.5 Å². The highest BCUT2D eigenvalue weighted by atomic mass is 19.5. The van der Waals surface area contributed by atoms with Crippen molar-refractivity contribution in [1.29, 1.82) is 0 Å². The minimum atomic E-state index is -6.00. The largest absolute Gasteiger partial charge is 0.673 e. The van der Waals surface area contributed by atoms with Crippen molar-refractivity contribution in [2.75, 3.05) is 45.3 Å². The van der Waals surface area contributed by atoms with Crippen molar-refractivity contribution in [2.24, 2.45) is 0 Å². The predicted octanol–water partition coefficient (Wildman–Crippen LogP) is 13.3. The van der Waals surface area contributed by atoms with Crippen LogP contribution in [0.25, 0.3) is 11.1 Å². The minimum Gasteiger partial charge on any atom is -0.494 e. The van der Waals surface area contributed by atoms with Crippen LogP contribution < -0.4 is 14.4 Å². The first-order chi connectivity index (χ1) is 35.6. The molecule has 0 radical (unpaired) electrons. The molecule has 4 amide bonds. The monoisotopic (exact) mass is 1010 g/mol. The number of hydrogen-bond donors (Lipinski definition) is 0. The second-order valence-electron chi connectivity index (χ2n) is 17.7. The van der Waals surface area contributed by atoms with Gasteiger partial charge in [-0.25, -0.2) is 0 Å². The highest BCUT2D eigenvalue weighted by Crippen LogP contribution is 2.38. The van der Waals surface area contributed by atoms with Gasteiger partial charge >= 0.3 is 7.25 Å². The molecule has 382 valence electrons. The van der Waals surface area contributed by atoms with Crippen LogP contribution in [0.3, 0.4) is 0 Å². The molecular weight excluding hydrogens is 947 g/mol. The number of amides is 4. The van der Waals surface area contributed by atoms with Gasteiger partial charge in [0.15, 0.2) is 0 Å². The number of carbonyl (C=O) groups excluding carboxylic acids is 4. The smallest absolute Gasteiger partial charge is 0.494 e. The number of fused-ring (bicyclic) bond motifs is 2. The Bertz CT molecular complexity index is 3100.